The minimum atomic E-state index is 0.486. The van der Waals surface area contributed by atoms with Gasteiger partial charge in [-0.1, -0.05) is 18.2 Å². The highest BCUT2D eigenvalue weighted by Gasteiger charge is 2.20. The van der Waals surface area contributed by atoms with E-state index in [0.29, 0.717) is 11.3 Å². The Balaban J connectivity index is 1.74. The summed E-state index contributed by atoms with van der Waals surface area (Å²) in [5, 5.41) is 18.4. The van der Waals surface area contributed by atoms with Crippen LogP contribution in [0.4, 0.5) is 11.5 Å². The van der Waals surface area contributed by atoms with Crippen molar-refractivity contribution < 1.29 is 0 Å². The molecule has 1 aliphatic heterocycles. The normalized spacial score (nSPS) is 14.2. The van der Waals surface area contributed by atoms with Crippen molar-refractivity contribution in [2.45, 2.75) is 6.92 Å². The Hall–Kier alpha value is -3.05. The highest BCUT2D eigenvalue weighted by Crippen LogP contribution is 2.23. The van der Waals surface area contributed by atoms with Gasteiger partial charge in [-0.05, 0) is 30.7 Å². The van der Waals surface area contributed by atoms with Gasteiger partial charge in [0.2, 0.25) is 0 Å². The van der Waals surface area contributed by atoms with Gasteiger partial charge in [0.1, 0.15) is 23.7 Å². The molecule has 0 bridgehead atoms. The van der Waals surface area contributed by atoms with Crippen molar-refractivity contribution in [3.63, 3.8) is 0 Å². The second-order valence-electron chi connectivity index (χ2n) is 5.55. The van der Waals surface area contributed by atoms with Crippen LogP contribution in [0.2, 0.25) is 0 Å². The monoisotopic (exact) mass is 303 g/mol. The van der Waals surface area contributed by atoms with Gasteiger partial charge < -0.3 is 9.80 Å². The number of para-hydroxylation sites is 1. The second-order valence-corrected chi connectivity index (χ2v) is 5.55. The van der Waals surface area contributed by atoms with E-state index in [1.165, 1.54) is 0 Å². The Morgan fingerprint density at radius 3 is 2.30 bits per heavy atom. The average molecular weight is 303 g/mol. The van der Waals surface area contributed by atoms with Crippen LogP contribution in [0.3, 0.4) is 0 Å². The lowest BCUT2D eigenvalue weighted by molar-refractivity contribution is 0.646. The van der Waals surface area contributed by atoms with Crippen molar-refractivity contribution in [1.29, 1.82) is 10.5 Å². The highest BCUT2D eigenvalue weighted by atomic mass is 15.3. The summed E-state index contributed by atoms with van der Waals surface area (Å²) in [5.41, 5.74) is 3.09. The zero-order valence-corrected chi connectivity index (χ0v) is 13.0. The largest absolute Gasteiger partial charge is 0.367 e. The molecule has 1 aromatic heterocycles. The summed E-state index contributed by atoms with van der Waals surface area (Å²) in [4.78, 5) is 8.86. The van der Waals surface area contributed by atoms with Crippen LogP contribution >= 0.6 is 0 Å². The number of benzene rings is 1. The predicted octanol–water partition coefficient (Wildman–Crippen LogP) is 2.46. The molecule has 0 spiro atoms. The van der Waals surface area contributed by atoms with E-state index >= 15 is 0 Å². The lowest BCUT2D eigenvalue weighted by Crippen LogP contribution is -2.47. The fraction of sp³-hybridized carbons (Fsp3) is 0.278. The molecule has 0 atom stereocenters. The van der Waals surface area contributed by atoms with Crippen LogP contribution in [-0.2, 0) is 0 Å². The first kappa shape index (κ1) is 14.9. The molecule has 114 valence electrons. The number of pyridine rings is 1. The zero-order chi connectivity index (χ0) is 16.2. The van der Waals surface area contributed by atoms with Crippen LogP contribution in [0.25, 0.3) is 0 Å². The first-order chi connectivity index (χ1) is 11.2. The molecule has 0 unspecified atom stereocenters. The van der Waals surface area contributed by atoms with Crippen molar-refractivity contribution >= 4 is 11.5 Å². The first-order valence-electron chi connectivity index (χ1n) is 7.59. The van der Waals surface area contributed by atoms with E-state index in [1.54, 1.807) is 0 Å². The standard InChI is InChI=1S/C18H17N5/c1-14-6-7-18(21-16(14)13-20)23-10-8-22(9-11-23)17-5-3-2-4-15(17)12-19/h2-7H,8-11H2,1H3. The molecule has 1 aromatic carbocycles. The quantitative estimate of drug-likeness (QED) is 0.852. The fourth-order valence-electron chi connectivity index (χ4n) is 2.83. The number of aromatic nitrogens is 1. The van der Waals surface area contributed by atoms with Crippen molar-refractivity contribution in [1.82, 2.24) is 4.98 Å². The fourth-order valence-corrected chi connectivity index (χ4v) is 2.83. The number of piperazine rings is 1. The number of nitrogens with zero attached hydrogens (tertiary/aromatic N) is 5. The molecule has 1 aliphatic rings. The second kappa shape index (κ2) is 6.37. The molecule has 0 amide bonds. The van der Waals surface area contributed by atoms with Gasteiger partial charge in [0, 0.05) is 26.2 Å². The molecule has 0 aliphatic carbocycles. The van der Waals surface area contributed by atoms with Crippen LogP contribution in [0, 0.1) is 29.6 Å². The van der Waals surface area contributed by atoms with E-state index in [1.807, 2.05) is 43.3 Å². The molecule has 3 rings (SSSR count). The lowest BCUT2D eigenvalue weighted by atomic mass is 10.1. The highest BCUT2D eigenvalue weighted by molar-refractivity contribution is 5.60. The first-order valence-corrected chi connectivity index (χ1v) is 7.59. The Labute approximate surface area is 136 Å². The number of nitriles is 2. The van der Waals surface area contributed by atoms with Gasteiger partial charge in [-0.15, -0.1) is 0 Å². The van der Waals surface area contributed by atoms with Crippen LogP contribution in [-0.4, -0.2) is 31.2 Å². The maximum Gasteiger partial charge on any atom is 0.145 e. The maximum atomic E-state index is 9.24. The molecule has 23 heavy (non-hydrogen) atoms. The number of hydrogen-bond donors (Lipinski definition) is 0. The van der Waals surface area contributed by atoms with Crippen LogP contribution in [0.1, 0.15) is 16.8 Å². The Bertz CT molecular complexity index is 792. The molecule has 0 radical (unpaired) electrons. The lowest BCUT2D eigenvalue weighted by Gasteiger charge is -2.37. The van der Waals surface area contributed by atoms with E-state index < -0.39 is 0 Å². The zero-order valence-electron chi connectivity index (χ0n) is 13.0. The van der Waals surface area contributed by atoms with Gasteiger partial charge in [0.15, 0.2) is 0 Å². The van der Waals surface area contributed by atoms with Gasteiger partial charge in [-0.2, -0.15) is 10.5 Å². The SMILES string of the molecule is Cc1ccc(N2CCN(c3ccccc3C#N)CC2)nc1C#N. The topological polar surface area (TPSA) is 66.9 Å². The van der Waals surface area contributed by atoms with Crippen LogP contribution in [0.15, 0.2) is 36.4 Å². The third-order valence-corrected chi connectivity index (χ3v) is 4.16. The third kappa shape index (κ3) is 2.95. The van der Waals surface area contributed by atoms with Gasteiger partial charge in [0.25, 0.3) is 0 Å². The van der Waals surface area contributed by atoms with E-state index in [0.717, 1.165) is 43.2 Å². The Morgan fingerprint density at radius 1 is 0.913 bits per heavy atom. The van der Waals surface area contributed by atoms with E-state index in [9.17, 15) is 5.26 Å². The minimum absolute atomic E-state index is 0.486. The van der Waals surface area contributed by atoms with Crippen LogP contribution < -0.4 is 9.80 Å². The number of anilines is 2. The molecule has 1 saturated heterocycles. The van der Waals surface area contributed by atoms with E-state index in [-0.39, 0.29) is 0 Å². The molecule has 0 saturated carbocycles. The number of hydrogen-bond acceptors (Lipinski definition) is 5. The molecule has 2 aromatic rings. The molecule has 5 heteroatoms. The number of aryl methyl sites for hydroxylation is 1. The van der Waals surface area contributed by atoms with Gasteiger partial charge in [0.05, 0.1) is 11.3 Å². The summed E-state index contributed by atoms with van der Waals surface area (Å²) >= 11 is 0. The average Bonchev–Trinajstić information content (AvgIpc) is 2.62. The Morgan fingerprint density at radius 2 is 1.61 bits per heavy atom. The van der Waals surface area contributed by atoms with Gasteiger partial charge in [-0.25, -0.2) is 4.98 Å². The van der Waals surface area contributed by atoms with Gasteiger partial charge >= 0.3 is 0 Å². The van der Waals surface area contributed by atoms with E-state index in [4.69, 9.17) is 5.26 Å². The third-order valence-electron chi connectivity index (χ3n) is 4.16. The minimum Gasteiger partial charge on any atom is -0.367 e. The van der Waals surface area contributed by atoms with Gasteiger partial charge in [-0.3, -0.25) is 0 Å². The molecule has 2 heterocycles. The molecular weight excluding hydrogens is 286 g/mol. The van der Waals surface area contributed by atoms with Crippen LogP contribution in [0.5, 0.6) is 0 Å². The van der Waals surface area contributed by atoms with E-state index in [2.05, 4.69) is 26.9 Å². The van der Waals surface area contributed by atoms with Crippen molar-refractivity contribution in [2.75, 3.05) is 36.0 Å². The molecule has 1 fully saturated rings. The van der Waals surface area contributed by atoms with Crippen molar-refractivity contribution in [3.8, 4) is 12.1 Å². The summed E-state index contributed by atoms with van der Waals surface area (Å²) in [6, 6.07) is 16.0. The Kier molecular flexibility index (Phi) is 4.12. The summed E-state index contributed by atoms with van der Waals surface area (Å²) in [6.07, 6.45) is 0. The molecule has 5 nitrogen and oxygen atoms in total. The summed E-state index contributed by atoms with van der Waals surface area (Å²) in [7, 11) is 0. The predicted molar refractivity (Wildman–Crippen MR) is 89.3 cm³/mol. The number of rotatable bonds is 2. The maximum absolute atomic E-state index is 9.24. The summed E-state index contributed by atoms with van der Waals surface area (Å²) in [6.45, 7) is 5.19. The summed E-state index contributed by atoms with van der Waals surface area (Å²) in [5.74, 6) is 0.848. The van der Waals surface area contributed by atoms with Crippen molar-refractivity contribution in [2.24, 2.45) is 0 Å². The molecule has 0 N–H and O–H groups in total. The summed E-state index contributed by atoms with van der Waals surface area (Å²) < 4.78 is 0. The van der Waals surface area contributed by atoms with Crippen molar-refractivity contribution in [3.05, 3.63) is 53.2 Å². The smallest absolute Gasteiger partial charge is 0.145 e. The molecular formula is C18H17N5.